The molecule has 0 aromatic rings. The molecule has 5 nitrogen and oxygen atoms in total. The summed E-state index contributed by atoms with van der Waals surface area (Å²) < 4.78 is 0. The van der Waals surface area contributed by atoms with E-state index in [0.29, 0.717) is 24.9 Å². The second-order valence-electron chi connectivity index (χ2n) is 5.23. The van der Waals surface area contributed by atoms with Crippen molar-refractivity contribution in [2.75, 3.05) is 40.8 Å². The molecule has 1 heterocycles. The van der Waals surface area contributed by atoms with Gasteiger partial charge in [0.2, 0.25) is 5.91 Å². The molecule has 0 aromatic carbocycles. The van der Waals surface area contributed by atoms with Gasteiger partial charge in [0.05, 0.1) is 0 Å². The number of nitrogens with two attached hydrogens (primary N) is 1. The number of nitrogens with one attached hydrogen (secondary N) is 1. The summed E-state index contributed by atoms with van der Waals surface area (Å²) in [7, 11) is 5.90. The SMILES string of the molecule is CNC(=O)CC(CN)N1CC(C)C(N(C)C)C1. The second-order valence-corrected chi connectivity index (χ2v) is 5.23. The van der Waals surface area contributed by atoms with Crippen LogP contribution in [-0.2, 0) is 4.79 Å². The average molecular weight is 242 g/mol. The molecule has 1 aliphatic heterocycles. The zero-order valence-electron chi connectivity index (χ0n) is 11.4. The molecule has 3 atom stereocenters. The molecule has 0 radical (unpaired) electrons. The fourth-order valence-corrected chi connectivity index (χ4v) is 2.63. The zero-order chi connectivity index (χ0) is 13.0. The van der Waals surface area contributed by atoms with Gasteiger partial charge in [-0.25, -0.2) is 0 Å². The van der Waals surface area contributed by atoms with E-state index < -0.39 is 0 Å². The highest BCUT2D eigenvalue weighted by atomic mass is 16.1. The van der Waals surface area contributed by atoms with Gasteiger partial charge in [-0.05, 0) is 20.0 Å². The average Bonchev–Trinajstić information content (AvgIpc) is 2.67. The van der Waals surface area contributed by atoms with Gasteiger partial charge in [-0.15, -0.1) is 0 Å². The highest BCUT2D eigenvalue weighted by Crippen LogP contribution is 2.22. The fraction of sp³-hybridized carbons (Fsp3) is 0.917. The number of carbonyl (C=O) groups is 1. The Bertz CT molecular complexity index is 257. The Morgan fingerprint density at radius 3 is 2.59 bits per heavy atom. The third-order valence-corrected chi connectivity index (χ3v) is 3.75. The monoisotopic (exact) mass is 242 g/mol. The van der Waals surface area contributed by atoms with Crippen LogP contribution < -0.4 is 11.1 Å². The van der Waals surface area contributed by atoms with Crippen LogP contribution in [0, 0.1) is 5.92 Å². The predicted molar refractivity (Wildman–Crippen MR) is 69.7 cm³/mol. The van der Waals surface area contributed by atoms with Crippen LogP contribution in [-0.4, -0.2) is 68.6 Å². The van der Waals surface area contributed by atoms with Gasteiger partial charge in [0, 0.05) is 45.2 Å². The van der Waals surface area contributed by atoms with Crippen molar-refractivity contribution in [2.24, 2.45) is 11.7 Å². The Balaban J connectivity index is 2.57. The van der Waals surface area contributed by atoms with Crippen molar-refractivity contribution >= 4 is 5.91 Å². The smallest absolute Gasteiger partial charge is 0.221 e. The normalized spacial score (nSPS) is 27.4. The van der Waals surface area contributed by atoms with Crippen LogP contribution in [0.2, 0.25) is 0 Å². The lowest BCUT2D eigenvalue weighted by Crippen LogP contribution is -2.43. The molecule has 3 unspecified atom stereocenters. The number of hydrogen-bond donors (Lipinski definition) is 2. The molecule has 100 valence electrons. The van der Waals surface area contributed by atoms with E-state index in [1.165, 1.54) is 0 Å². The lowest BCUT2D eigenvalue weighted by atomic mass is 10.1. The van der Waals surface area contributed by atoms with E-state index in [-0.39, 0.29) is 11.9 Å². The minimum atomic E-state index is 0.0707. The molecule has 5 heteroatoms. The van der Waals surface area contributed by atoms with Crippen molar-refractivity contribution in [3.63, 3.8) is 0 Å². The largest absolute Gasteiger partial charge is 0.359 e. The first-order valence-electron chi connectivity index (χ1n) is 6.30. The van der Waals surface area contributed by atoms with Crippen molar-refractivity contribution in [1.82, 2.24) is 15.1 Å². The highest BCUT2D eigenvalue weighted by Gasteiger charge is 2.34. The quantitative estimate of drug-likeness (QED) is 0.671. The van der Waals surface area contributed by atoms with Crippen LogP contribution in [0.1, 0.15) is 13.3 Å². The van der Waals surface area contributed by atoms with Crippen LogP contribution in [0.5, 0.6) is 0 Å². The Kier molecular flexibility index (Phi) is 5.36. The Morgan fingerprint density at radius 1 is 1.53 bits per heavy atom. The number of rotatable bonds is 5. The second kappa shape index (κ2) is 6.33. The van der Waals surface area contributed by atoms with Crippen molar-refractivity contribution in [1.29, 1.82) is 0 Å². The summed E-state index contributed by atoms with van der Waals surface area (Å²) in [4.78, 5) is 16.0. The van der Waals surface area contributed by atoms with Crippen molar-refractivity contribution in [3.8, 4) is 0 Å². The maximum Gasteiger partial charge on any atom is 0.221 e. The summed E-state index contributed by atoms with van der Waals surface area (Å²) >= 11 is 0. The summed E-state index contributed by atoms with van der Waals surface area (Å²) in [6, 6.07) is 0.732. The molecule has 1 saturated heterocycles. The molecule has 1 aliphatic rings. The van der Waals surface area contributed by atoms with Crippen LogP contribution in [0.25, 0.3) is 0 Å². The summed E-state index contributed by atoms with van der Waals surface area (Å²) in [5.74, 6) is 0.699. The summed E-state index contributed by atoms with van der Waals surface area (Å²) in [5, 5.41) is 2.67. The molecule has 1 fully saturated rings. The molecular formula is C12H26N4O. The molecule has 1 rings (SSSR count). The molecule has 0 aliphatic carbocycles. The van der Waals surface area contributed by atoms with Gasteiger partial charge in [0.25, 0.3) is 0 Å². The molecular weight excluding hydrogens is 216 g/mol. The van der Waals surface area contributed by atoms with Crippen molar-refractivity contribution in [2.45, 2.75) is 25.4 Å². The topological polar surface area (TPSA) is 61.6 Å². The first kappa shape index (κ1) is 14.4. The predicted octanol–water partition coefficient (Wildman–Crippen LogP) is -0.668. The van der Waals surface area contributed by atoms with Gasteiger partial charge in [-0.3, -0.25) is 9.69 Å². The van der Waals surface area contributed by atoms with Gasteiger partial charge < -0.3 is 16.0 Å². The number of hydrogen-bond acceptors (Lipinski definition) is 4. The van der Waals surface area contributed by atoms with Gasteiger partial charge >= 0.3 is 0 Å². The van der Waals surface area contributed by atoms with Crippen molar-refractivity contribution in [3.05, 3.63) is 0 Å². The maximum absolute atomic E-state index is 11.4. The highest BCUT2D eigenvalue weighted by molar-refractivity contribution is 5.76. The summed E-state index contributed by atoms with van der Waals surface area (Å²) in [6.45, 7) is 4.84. The van der Waals surface area contributed by atoms with E-state index >= 15 is 0 Å². The summed E-state index contributed by atoms with van der Waals surface area (Å²) in [6.07, 6.45) is 0.500. The van der Waals surface area contributed by atoms with Gasteiger partial charge in [-0.2, -0.15) is 0 Å². The van der Waals surface area contributed by atoms with E-state index in [4.69, 9.17) is 5.73 Å². The maximum atomic E-state index is 11.4. The fourth-order valence-electron chi connectivity index (χ4n) is 2.63. The Labute approximate surface area is 104 Å². The molecule has 17 heavy (non-hydrogen) atoms. The zero-order valence-corrected chi connectivity index (χ0v) is 11.4. The van der Waals surface area contributed by atoms with E-state index in [2.05, 4.69) is 36.1 Å². The minimum absolute atomic E-state index is 0.0707. The van der Waals surface area contributed by atoms with Crippen LogP contribution in [0.15, 0.2) is 0 Å². The van der Waals surface area contributed by atoms with E-state index in [1.54, 1.807) is 7.05 Å². The first-order chi connectivity index (χ1) is 7.99. The molecule has 0 aromatic heterocycles. The Hall–Kier alpha value is -0.650. The first-order valence-corrected chi connectivity index (χ1v) is 6.30. The molecule has 0 saturated carbocycles. The number of amides is 1. The minimum Gasteiger partial charge on any atom is -0.359 e. The summed E-state index contributed by atoms with van der Waals surface area (Å²) in [5.41, 5.74) is 5.79. The third-order valence-electron chi connectivity index (χ3n) is 3.75. The lowest BCUT2D eigenvalue weighted by molar-refractivity contribution is -0.121. The number of likely N-dealkylation sites (tertiary alicyclic amines) is 1. The Morgan fingerprint density at radius 2 is 2.18 bits per heavy atom. The number of carbonyl (C=O) groups excluding carboxylic acids is 1. The van der Waals surface area contributed by atoms with Gasteiger partial charge in [-0.1, -0.05) is 6.92 Å². The molecule has 0 bridgehead atoms. The van der Waals surface area contributed by atoms with E-state index in [9.17, 15) is 4.79 Å². The van der Waals surface area contributed by atoms with Crippen LogP contribution >= 0.6 is 0 Å². The van der Waals surface area contributed by atoms with Gasteiger partial charge in [0.1, 0.15) is 0 Å². The number of likely N-dealkylation sites (N-methyl/N-ethyl adjacent to an activating group) is 1. The van der Waals surface area contributed by atoms with E-state index in [0.717, 1.165) is 13.1 Å². The van der Waals surface area contributed by atoms with Crippen LogP contribution in [0.3, 0.4) is 0 Å². The third kappa shape index (κ3) is 3.66. The van der Waals surface area contributed by atoms with Crippen molar-refractivity contribution < 1.29 is 4.79 Å². The molecule has 3 N–H and O–H groups in total. The standard InChI is InChI=1S/C12H26N4O/c1-9-7-16(8-11(9)15(3)4)10(6-13)5-12(17)14-2/h9-11H,5-8,13H2,1-4H3,(H,14,17). The van der Waals surface area contributed by atoms with E-state index in [1.807, 2.05) is 0 Å². The number of nitrogens with zero attached hydrogens (tertiary/aromatic N) is 2. The molecule has 0 spiro atoms. The molecule has 1 amide bonds. The lowest BCUT2D eigenvalue weighted by Gasteiger charge is -2.27. The van der Waals surface area contributed by atoms with Crippen LogP contribution in [0.4, 0.5) is 0 Å². The van der Waals surface area contributed by atoms with Gasteiger partial charge in [0.15, 0.2) is 0 Å².